The molecule has 3 aromatic rings. The van der Waals surface area contributed by atoms with Crippen molar-refractivity contribution in [3.05, 3.63) is 88.2 Å². The fraction of sp³-hybridized carbons (Fsp3) is 0.0455. The van der Waals surface area contributed by atoms with Gasteiger partial charge in [-0.05, 0) is 35.7 Å². The monoisotopic (exact) mass is 345 g/mol. The van der Waals surface area contributed by atoms with Crippen molar-refractivity contribution in [3.8, 4) is 34.5 Å². The van der Waals surface area contributed by atoms with Crippen molar-refractivity contribution in [2.24, 2.45) is 0 Å². The summed E-state index contributed by atoms with van der Waals surface area (Å²) in [6.07, 6.45) is 1.72. The number of nitrogens with zero attached hydrogens (tertiary/aromatic N) is 5. The molecule has 0 fully saturated rings. The zero-order valence-corrected chi connectivity index (χ0v) is 14.4. The highest BCUT2D eigenvalue weighted by atomic mass is 14.8. The van der Waals surface area contributed by atoms with Crippen LogP contribution < -0.4 is 0 Å². The maximum atomic E-state index is 9.35. The highest BCUT2D eigenvalue weighted by Gasteiger charge is 2.20. The van der Waals surface area contributed by atoms with Gasteiger partial charge < -0.3 is 0 Å². The summed E-state index contributed by atoms with van der Waals surface area (Å²) in [5, 5.41) is 18.6. The topological polar surface area (TPSA) is 69.2 Å². The summed E-state index contributed by atoms with van der Waals surface area (Å²) >= 11 is 0. The van der Waals surface area contributed by atoms with E-state index in [1.165, 1.54) is 6.07 Å². The summed E-state index contributed by atoms with van der Waals surface area (Å²) in [6.45, 7) is 16.8. The third-order valence-corrected chi connectivity index (χ3v) is 4.20. The lowest BCUT2D eigenvalue weighted by Crippen LogP contribution is -1.93. The van der Waals surface area contributed by atoms with Crippen LogP contribution in [0.5, 0.6) is 0 Å². The van der Waals surface area contributed by atoms with Gasteiger partial charge in [-0.15, -0.1) is 0 Å². The number of benzene rings is 2. The molecular formula is C22H11N5. The number of hydrogen-bond acceptors (Lipinski definition) is 3. The van der Waals surface area contributed by atoms with Crippen LogP contribution >= 0.6 is 0 Å². The van der Waals surface area contributed by atoms with Gasteiger partial charge in [-0.1, -0.05) is 30.3 Å². The molecule has 1 heterocycles. The Morgan fingerprint density at radius 1 is 0.926 bits per heavy atom. The van der Waals surface area contributed by atoms with Gasteiger partial charge in [-0.2, -0.15) is 10.5 Å². The van der Waals surface area contributed by atoms with Crippen molar-refractivity contribution in [2.75, 3.05) is 0 Å². The average Bonchev–Trinajstić information content (AvgIpc) is 2.72. The van der Waals surface area contributed by atoms with E-state index in [0.29, 0.717) is 11.3 Å². The summed E-state index contributed by atoms with van der Waals surface area (Å²) in [5.74, 6) is 0. The van der Waals surface area contributed by atoms with Gasteiger partial charge in [0.05, 0.1) is 42.1 Å². The molecule has 0 N–H and O–H groups in total. The lowest BCUT2D eigenvalue weighted by atomic mass is 9.96. The second-order valence-electron chi connectivity index (χ2n) is 5.74. The van der Waals surface area contributed by atoms with Crippen LogP contribution in [0.4, 0.5) is 11.4 Å². The molecule has 0 saturated heterocycles. The van der Waals surface area contributed by atoms with Gasteiger partial charge in [0.1, 0.15) is 0 Å². The Morgan fingerprint density at radius 2 is 1.63 bits per heavy atom. The summed E-state index contributed by atoms with van der Waals surface area (Å²) in [7, 11) is 0. The van der Waals surface area contributed by atoms with Crippen LogP contribution in [0.1, 0.15) is 16.7 Å². The number of hydrogen-bond donors (Lipinski definition) is 0. The fourth-order valence-corrected chi connectivity index (χ4v) is 2.90. The molecule has 3 rings (SSSR count). The Labute approximate surface area is 157 Å². The molecule has 0 bridgehead atoms. The van der Waals surface area contributed by atoms with E-state index in [4.69, 9.17) is 13.1 Å². The molecule has 0 aliphatic rings. The van der Waals surface area contributed by atoms with Gasteiger partial charge in [-0.3, -0.25) is 4.98 Å². The number of pyridine rings is 1. The summed E-state index contributed by atoms with van der Waals surface area (Å²) < 4.78 is 0. The highest BCUT2D eigenvalue weighted by molar-refractivity contribution is 5.92. The van der Waals surface area contributed by atoms with E-state index in [1.807, 2.05) is 55.5 Å². The Bertz CT molecular complexity index is 1210. The standard InChI is InChI=1S/C22H11N5/c1-14-9-20(27-13-19(14)15-7-5-4-6-8-15)17-10-16(11-23)18(12-24)22(26-3)21(17)25-2/h4-10,13H,1H3. The largest absolute Gasteiger partial charge is 0.257 e. The molecule has 5 heteroatoms. The maximum absolute atomic E-state index is 9.35. The Morgan fingerprint density at radius 3 is 2.19 bits per heavy atom. The van der Waals surface area contributed by atoms with Crippen molar-refractivity contribution < 1.29 is 0 Å². The van der Waals surface area contributed by atoms with Crippen molar-refractivity contribution in [1.29, 1.82) is 10.5 Å². The summed E-state index contributed by atoms with van der Waals surface area (Å²) in [6, 6.07) is 16.9. The van der Waals surface area contributed by atoms with E-state index >= 15 is 0 Å². The predicted molar refractivity (Wildman–Crippen MR) is 102 cm³/mol. The van der Waals surface area contributed by atoms with Gasteiger partial charge in [-0.25, -0.2) is 9.69 Å². The van der Waals surface area contributed by atoms with Crippen LogP contribution in [0.2, 0.25) is 0 Å². The van der Waals surface area contributed by atoms with Crippen LogP contribution in [-0.4, -0.2) is 4.98 Å². The molecule has 0 radical (unpaired) electrons. The second kappa shape index (κ2) is 7.20. The zero-order chi connectivity index (χ0) is 19.4. The van der Waals surface area contributed by atoms with Crippen molar-refractivity contribution in [2.45, 2.75) is 6.92 Å². The Kier molecular flexibility index (Phi) is 4.63. The molecule has 2 aromatic carbocycles. The first-order chi connectivity index (χ1) is 13.1. The van der Waals surface area contributed by atoms with Gasteiger partial charge in [0.15, 0.2) is 0 Å². The third-order valence-electron chi connectivity index (χ3n) is 4.20. The van der Waals surface area contributed by atoms with E-state index in [-0.39, 0.29) is 22.5 Å². The predicted octanol–water partition coefficient (Wildman–Crippen LogP) is 5.57. The normalized spacial score (nSPS) is 9.52. The first kappa shape index (κ1) is 17.4. The van der Waals surface area contributed by atoms with Crippen molar-refractivity contribution >= 4 is 11.4 Å². The molecule has 0 unspecified atom stereocenters. The lowest BCUT2D eigenvalue weighted by molar-refractivity contribution is 1.28. The van der Waals surface area contributed by atoms with Crippen LogP contribution in [0.15, 0.2) is 48.7 Å². The molecule has 27 heavy (non-hydrogen) atoms. The van der Waals surface area contributed by atoms with Crippen LogP contribution in [0.3, 0.4) is 0 Å². The van der Waals surface area contributed by atoms with Gasteiger partial charge in [0, 0.05) is 11.8 Å². The molecule has 0 spiro atoms. The number of aromatic nitrogens is 1. The van der Waals surface area contributed by atoms with E-state index < -0.39 is 0 Å². The van der Waals surface area contributed by atoms with E-state index in [9.17, 15) is 10.5 Å². The van der Waals surface area contributed by atoms with E-state index in [2.05, 4.69) is 14.7 Å². The lowest BCUT2D eigenvalue weighted by Gasteiger charge is -2.11. The Balaban J connectivity index is 2.26. The fourth-order valence-electron chi connectivity index (χ4n) is 2.90. The van der Waals surface area contributed by atoms with Gasteiger partial charge >= 0.3 is 0 Å². The zero-order valence-electron chi connectivity index (χ0n) is 14.4. The molecule has 0 aliphatic carbocycles. The van der Waals surface area contributed by atoms with Crippen molar-refractivity contribution in [1.82, 2.24) is 4.98 Å². The molecule has 1 aromatic heterocycles. The molecule has 124 valence electrons. The van der Waals surface area contributed by atoms with Crippen LogP contribution in [0, 0.1) is 42.7 Å². The summed E-state index contributed by atoms with van der Waals surface area (Å²) in [5.41, 5.74) is 3.75. The first-order valence-electron chi connectivity index (χ1n) is 7.93. The number of aryl methyl sites for hydroxylation is 1. The molecule has 0 saturated carbocycles. The number of nitriles is 2. The minimum atomic E-state index is -0.104. The molecule has 0 amide bonds. The minimum Gasteiger partial charge on any atom is -0.257 e. The van der Waals surface area contributed by atoms with Gasteiger partial charge in [0.25, 0.3) is 0 Å². The maximum Gasteiger partial charge on any atom is 0.213 e. The van der Waals surface area contributed by atoms with E-state index in [0.717, 1.165) is 16.7 Å². The van der Waals surface area contributed by atoms with Crippen molar-refractivity contribution in [3.63, 3.8) is 0 Å². The molecule has 0 atom stereocenters. The van der Waals surface area contributed by atoms with Gasteiger partial charge in [0.2, 0.25) is 11.4 Å². The smallest absolute Gasteiger partial charge is 0.213 e. The Hall–Kier alpha value is -4.45. The van der Waals surface area contributed by atoms with Crippen LogP contribution in [0.25, 0.3) is 32.1 Å². The quantitative estimate of drug-likeness (QED) is 0.570. The molecular weight excluding hydrogens is 334 g/mol. The SMILES string of the molecule is [C-]#[N+]c1c(-c2cc(C)c(-c3ccccc3)cn2)cc(C#N)c(C#N)c1[N+]#[C-]. The highest BCUT2D eigenvalue weighted by Crippen LogP contribution is 2.42. The number of rotatable bonds is 2. The first-order valence-corrected chi connectivity index (χ1v) is 7.93. The average molecular weight is 345 g/mol. The minimum absolute atomic E-state index is 0.0416. The third kappa shape index (κ3) is 2.98. The second-order valence-corrected chi connectivity index (χ2v) is 5.74. The molecule has 0 aliphatic heterocycles. The van der Waals surface area contributed by atoms with E-state index in [1.54, 1.807) is 6.20 Å². The van der Waals surface area contributed by atoms with Crippen LogP contribution in [-0.2, 0) is 0 Å². The molecule has 5 nitrogen and oxygen atoms in total. The summed E-state index contributed by atoms with van der Waals surface area (Å²) in [4.78, 5) is 11.2.